The standard InChI is InChI=1S/C20H25N3O6S/c1-26-13-5-4-12(16(27-2)17(13)28-3)18-15-19(21-14(24)10-30-18)23(22-20(15)25)11-6-8-29-9-7-11/h4-5,11,18H,6-10H2,1-3H3,(H,21,24)(H,22,25)/t18-/m0/s1. The van der Waals surface area contributed by atoms with Crippen molar-refractivity contribution in [2.24, 2.45) is 0 Å². The topological polar surface area (TPSA) is 104 Å². The van der Waals surface area contributed by atoms with E-state index in [1.807, 2.05) is 6.07 Å². The maximum absolute atomic E-state index is 13.1. The Morgan fingerprint density at radius 2 is 1.80 bits per heavy atom. The van der Waals surface area contributed by atoms with Crippen molar-refractivity contribution < 1.29 is 23.7 Å². The molecule has 2 N–H and O–H groups in total. The third-order valence-electron chi connectivity index (χ3n) is 5.44. The van der Waals surface area contributed by atoms with Crippen LogP contribution in [0, 0.1) is 0 Å². The zero-order valence-corrected chi connectivity index (χ0v) is 18.0. The summed E-state index contributed by atoms with van der Waals surface area (Å²) in [7, 11) is 4.63. The minimum absolute atomic E-state index is 0.0616. The van der Waals surface area contributed by atoms with E-state index in [1.54, 1.807) is 25.0 Å². The largest absolute Gasteiger partial charge is 0.493 e. The third kappa shape index (κ3) is 3.54. The Kier molecular flexibility index (Phi) is 5.96. The number of H-pyrrole nitrogens is 1. The molecule has 1 atom stereocenters. The highest BCUT2D eigenvalue weighted by molar-refractivity contribution is 8.00. The molecule has 0 spiro atoms. The summed E-state index contributed by atoms with van der Waals surface area (Å²) in [6, 6.07) is 3.69. The number of benzene rings is 1. The fraction of sp³-hybridized carbons (Fsp3) is 0.500. The number of fused-ring (bicyclic) bond motifs is 1. The second kappa shape index (κ2) is 8.65. The van der Waals surface area contributed by atoms with Crippen molar-refractivity contribution in [1.82, 2.24) is 9.78 Å². The van der Waals surface area contributed by atoms with Gasteiger partial charge < -0.3 is 24.3 Å². The summed E-state index contributed by atoms with van der Waals surface area (Å²) in [5, 5.41) is 5.46. The summed E-state index contributed by atoms with van der Waals surface area (Å²) in [6.45, 7) is 1.24. The van der Waals surface area contributed by atoms with Gasteiger partial charge >= 0.3 is 0 Å². The average molecular weight is 436 g/mol. The molecule has 1 aromatic carbocycles. The van der Waals surface area contributed by atoms with E-state index < -0.39 is 5.25 Å². The predicted molar refractivity (Wildman–Crippen MR) is 113 cm³/mol. The van der Waals surface area contributed by atoms with Crippen molar-refractivity contribution in [3.8, 4) is 17.2 Å². The molecule has 0 unspecified atom stereocenters. The van der Waals surface area contributed by atoms with Crippen LogP contribution in [0.2, 0.25) is 0 Å². The number of nitrogens with zero attached hydrogens (tertiary/aromatic N) is 1. The number of aromatic nitrogens is 2. The first-order valence-electron chi connectivity index (χ1n) is 9.71. The SMILES string of the molecule is COc1ccc([C@@H]2SCC(=O)Nc3c2c(=O)[nH]n3C2CCOCC2)c(OC)c1OC. The molecule has 2 aromatic rings. The molecule has 2 aliphatic rings. The van der Waals surface area contributed by atoms with Crippen molar-refractivity contribution in [3.63, 3.8) is 0 Å². The minimum Gasteiger partial charge on any atom is -0.493 e. The number of carbonyl (C=O) groups is 1. The Labute approximate surface area is 178 Å². The van der Waals surface area contributed by atoms with Gasteiger partial charge in [-0.15, -0.1) is 11.8 Å². The number of anilines is 1. The van der Waals surface area contributed by atoms with E-state index in [4.69, 9.17) is 18.9 Å². The Morgan fingerprint density at radius 1 is 1.07 bits per heavy atom. The van der Waals surface area contributed by atoms with Crippen molar-refractivity contribution in [1.29, 1.82) is 0 Å². The maximum Gasteiger partial charge on any atom is 0.270 e. The number of ether oxygens (including phenoxy) is 4. The zero-order valence-electron chi connectivity index (χ0n) is 17.1. The first-order chi connectivity index (χ1) is 14.6. The molecule has 1 amide bonds. The first kappa shape index (κ1) is 20.7. The number of nitrogens with one attached hydrogen (secondary N) is 2. The molecule has 162 valence electrons. The number of methoxy groups -OCH3 is 3. The Bertz CT molecular complexity index is 995. The Morgan fingerprint density at radius 3 is 2.47 bits per heavy atom. The van der Waals surface area contributed by atoms with E-state index in [-0.39, 0.29) is 23.3 Å². The summed E-state index contributed by atoms with van der Waals surface area (Å²) >= 11 is 1.38. The molecule has 2 aliphatic heterocycles. The van der Waals surface area contributed by atoms with Crippen LogP contribution >= 0.6 is 11.8 Å². The number of amides is 1. The smallest absolute Gasteiger partial charge is 0.270 e. The van der Waals surface area contributed by atoms with Crippen LogP contribution in [-0.2, 0) is 9.53 Å². The van der Waals surface area contributed by atoms with Gasteiger partial charge in [-0.25, -0.2) is 0 Å². The van der Waals surface area contributed by atoms with Crippen LogP contribution in [0.1, 0.15) is 35.3 Å². The Hall–Kier alpha value is -2.59. The number of hydrogen-bond acceptors (Lipinski definition) is 7. The van der Waals surface area contributed by atoms with Crippen LogP contribution in [0.5, 0.6) is 17.2 Å². The monoisotopic (exact) mass is 435 g/mol. The normalized spacial score (nSPS) is 19.6. The molecule has 0 bridgehead atoms. The van der Waals surface area contributed by atoms with E-state index >= 15 is 0 Å². The number of rotatable bonds is 5. The molecule has 10 heteroatoms. The molecule has 4 rings (SSSR count). The summed E-state index contributed by atoms with van der Waals surface area (Å²) in [4.78, 5) is 25.6. The molecule has 1 fully saturated rings. The lowest BCUT2D eigenvalue weighted by Gasteiger charge is -2.25. The van der Waals surface area contributed by atoms with Gasteiger partial charge in [-0.2, -0.15) is 0 Å². The van der Waals surface area contributed by atoms with Gasteiger partial charge in [0, 0.05) is 18.8 Å². The molecule has 0 radical (unpaired) electrons. The quantitative estimate of drug-likeness (QED) is 0.743. The number of aromatic amines is 1. The highest BCUT2D eigenvalue weighted by Gasteiger charge is 2.35. The van der Waals surface area contributed by atoms with E-state index in [2.05, 4.69) is 10.4 Å². The van der Waals surface area contributed by atoms with Gasteiger partial charge in [0.1, 0.15) is 5.82 Å². The van der Waals surface area contributed by atoms with Crippen molar-refractivity contribution in [3.05, 3.63) is 33.6 Å². The van der Waals surface area contributed by atoms with Crippen LogP contribution in [-0.4, -0.2) is 56.0 Å². The average Bonchev–Trinajstić information content (AvgIpc) is 2.98. The zero-order chi connectivity index (χ0) is 21.3. The highest BCUT2D eigenvalue weighted by atomic mass is 32.2. The van der Waals surface area contributed by atoms with Crippen LogP contribution in [0.25, 0.3) is 0 Å². The molecule has 30 heavy (non-hydrogen) atoms. The van der Waals surface area contributed by atoms with Crippen LogP contribution in [0.4, 0.5) is 5.82 Å². The number of carbonyl (C=O) groups excluding carboxylic acids is 1. The second-order valence-corrected chi connectivity index (χ2v) is 8.17. The number of thioether (sulfide) groups is 1. The molecular formula is C20H25N3O6S. The highest BCUT2D eigenvalue weighted by Crippen LogP contribution is 2.49. The lowest BCUT2D eigenvalue weighted by Crippen LogP contribution is -2.24. The van der Waals surface area contributed by atoms with Gasteiger partial charge in [-0.3, -0.25) is 19.4 Å². The molecule has 3 heterocycles. The first-order valence-corrected chi connectivity index (χ1v) is 10.8. The maximum atomic E-state index is 13.1. The molecular weight excluding hydrogens is 410 g/mol. The predicted octanol–water partition coefficient (Wildman–Crippen LogP) is 2.33. The van der Waals surface area contributed by atoms with Crippen molar-refractivity contribution >= 4 is 23.5 Å². The lowest BCUT2D eigenvalue weighted by atomic mass is 10.0. The lowest BCUT2D eigenvalue weighted by molar-refractivity contribution is -0.113. The minimum atomic E-state index is -0.418. The van der Waals surface area contributed by atoms with E-state index in [0.717, 1.165) is 18.4 Å². The summed E-state index contributed by atoms with van der Waals surface area (Å²) in [5.74, 6) is 2.03. The molecule has 1 aromatic heterocycles. The molecule has 0 aliphatic carbocycles. The van der Waals surface area contributed by atoms with Crippen molar-refractivity contribution in [2.45, 2.75) is 24.1 Å². The van der Waals surface area contributed by atoms with E-state index in [0.29, 0.717) is 41.8 Å². The van der Waals surface area contributed by atoms with Gasteiger partial charge in [0.2, 0.25) is 11.7 Å². The fourth-order valence-corrected chi connectivity index (χ4v) is 5.18. The van der Waals surface area contributed by atoms with Gasteiger partial charge in [-0.1, -0.05) is 0 Å². The van der Waals surface area contributed by atoms with Crippen molar-refractivity contribution in [2.75, 3.05) is 45.6 Å². The molecule has 0 saturated carbocycles. The van der Waals surface area contributed by atoms with Gasteiger partial charge in [0.15, 0.2) is 11.5 Å². The summed E-state index contributed by atoms with van der Waals surface area (Å²) < 4.78 is 23.8. The van der Waals surface area contributed by atoms with Gasteiger partial charge in [-0.05, 0) is 25.0 Å². The van der Waals surface area contributed by atoms with E-state index in [9.17, 15) is 9.59 Å². The molecule has 9 nitrogen and oxygen atoms in total. The summed E-state index contributed by atoms with van der Waals surface area (Å²) in [6.07, 6.45) is 1.54. The van der Waals surface area contributed by atoms with E-state index in [1.165, 1.54) is 18.9 Å². The second-order valence-electron chi connectivity index (χ2n) is 7.08. The van der Waals surface area contributed by atoms with Crippen LogP contribution in [0.3, 0.4) is 0 Å². The Balaban J connectivity index is 1.87. The van der Waals surface area contributed by atoms with Gasteiger partial charge in [0.25, 0.3) is 5.56 Å². The third-order valence-corrected chi connectivity index (χ3v) is 6.69. The number of hydrogen-bond donors (Lipinski definition) is 2. The van der Waals surface area contributed by atoms with Crippen LogP contribution in [0.15, 0.2) is 16.9 Å². The summed E-state index contributed by atoms with van der Waals surface area (Å²) in [5.41, 5.74) is 1.02. The molecule has 1 saturated heterocycles. The fourth-order valence-electron chi connectivity index (χ4n) is 4.04. The van der Waals surface area contributed by atoms with Gasteiger partial charge in [0.05, 0.1) is 43.9 Å². The van der Waals surface area contributed by atoms with Crippen LogP contribution < -0.4 is 25.1 Å².